The minimum atomic E-state index is 0.0884. The molecule has 0 aromatic heterocycles. The van der Waals surface area contributed by atoms with Crippen molar-refractivity contribution in [1.82, 2.24) is 0 Å². The Bertz CT molecular complexity index is 513. The monoisotopic (exact) mass is 292 g/mol. The zero-order valence-electron chi connectivity index (χ0n) is 8.39. The molecule has 1 aliphatic heterocycles. The van der Waals surface area contributed by atoms with Gasteiger partial charge in [0.15, 0.2) is 5.44 Å². The highest BCUT2D eigenvalue weighted by atomic mass is 79.9. The van der Waals surface area contributed by atoms with Crippen LogP contribution in [0.15, 0.2) is 57.9 Å². The molecule has 0 radical (unpaired) electrons. The highest BCUT2D eigenvalue weighted by Gasteiger charge is 2.24. The molecule has 0 aliphatic carbocycles. The minimum Gasteiger partial charge on any atom is -0.473 e. The van der Waals surface area contributed by atoms with Crippen molar-refractivity contribution >= 4 is 27.7 Å². The number of fused-ring (bicyclic) bond motifs is 1. The molecule has 1 unspecified atom stereocenters. The molecule has 2 aromatic carbocycles. The molecule has 0 spiro atoms. The van der Waals surface area contributed by atoms with Gasteiger partial charge in [-0.25, -0.2) is 0 Å². The maximum Gasteiger partial charge on any atom is 0.174 e. The van der Waals surface area contributed by atoms with Crippen LogP contribution in [0.5, 0.6) is 5.75 Å². The standard InChI is InChI=1S/C13H9BrOS/c14-10-6-7-11-12(8-10)16-13(15-11)9-4-2-1-3-5-9/h1-8,13H. The second-order valence-electron chi connectivity index (χ2n) is 3.57. The lowest BCUT2D eigenvalue weighted by Gasteiger charge is -2.08. The fraction of sp³-hybridized carbons (Fsp3) is 0.0769. The number of thioether (sulfide) groups is 1. The Balaban J connectivity index is 1.91. The van der Waals surface area contributed by atoms with Crippen molar-refractivity contribution in [1.29, 1.82) is 0 Å². The molecule has 16 heavy (non-hydrogen) atoms. The van der Waals surface area contributed by atoms with E-state index in [0.29, 0.717) is 0 Å². The van der Waals surface area contributed by atoms with Crippen LogP contribution in [-0.2, 0) is 0 Å². The summed E-state index contributed by atoms with van der Waals surface area (Å²) < 4.78 is 6.98. The van der Waals surface area contributed by atoms with Crippen LogP contribution in [0, 0.1) is 0 Å². The Morgan fingerprint density at radius 2 is 1.88 bits per heavy atom. The average molecular weight is 293 g/mol. The number of ether oxygens (including phenoxy) is 1. The fourth-order valence-electron chi connectivity index (χ4n) is 1.67. The van der Waals surface area contributed by atoms with E-state index in [1.807, 2.05) is 30.3 Å². The first-order valence-electron chi connectivity index (χ1n) is 5.01. The summed E-state index contributed by atoms with van der Waals surface area (Å²) in [5.41, 5.74) is 1.30. The molecule has 0 saturated carbocycles. The Morgan fingerprint density at radius 3 is 2.69 bits per heavy atom. The summed E-state index contributed by atoms with van der Waals surface area (Å²) >= 11 is 5.22. The Hall–Kier alpha value is -0.930. The van der Waals surface area contributed by atoms with Gasteiger partial charge in [0.1, 0.15) is 5.75 Å². The van der Waals surface area contributed by atoms with Crippen molar-refractivity contribution < 1.29 is 4.74 Å². The zero-order chi connectivity index (χ0) is 11.0. The molecule has 1 heterocycles. The lowest BCUT2D eigenvalue weighted by Crippen LogP contribution is -1.96. The predicted octanol–water partition coefficient (Wildman–Crippen LogP) is 4.63. The van der Waals surface area contributed by atoms with Gasteiger partial charge in [-0.05, 0) is 18.2 Å². The van der Waals surface area contributed by atoms with E-state index in [1.165, 1.54) is 10.5 Å². The largest absolute Gasteiger partial charge is 0.473 e. The molecule has 80 valence electrons. The van der Waals surface area contributed by atoms with Crippen LogP contribution in [0.3, 0.4) is 0 Å². The lowest BCUT2D eigenvalue weighted by atomic mass is 10.2. The molecule has 0 saturated heterocycles. The van der Waals surface area contributed by atoms with E-state index in [-0.39, 0.29) is 5.44 Å². The van der Waals surface area contributed by atoms with E-state index in [2.05, 4.69) is 34.1 Å². The molecule has 3 heteroatoms. The Labute approximate surface area is 107 Å². The second-order valence-corrected chi connectivity index (χ2v) is 5.59. The van der Waals surface area contributed by atoms with E-state index in [4.69, 9.17) is 4.74 Å². The van der Waals surface area contributed by atoms with Gasteiger partial charge in [0, 0.05) is 10.0 Å². The molecule has 3 rings (SSSR count). The van der Waals surface area contributed by atoms with Gasteiger partial charge >= 0.3 is 0 Å². The number of halogens is 1. The summed E-state index contributed by atoms with van der Waals surface area (Å²) in [6.45, 7) is 0. The van der Waals surface area contributed by atoms with Crippen LogP contribution in [0.1, 0.15) is 11.0 Å². The van der Waals surface area contributed by atoms with Gasteiger partial charge in [-0.15, -0.1) is 0 Å². The molecule has 1 aliphatic rings. The van der Waals surface area contributed by atoms with E-state index in [1.54, 1.807) is 11.8 Å². The van der Waals surface area contributed by atoms with Crippen molar-refractivity contribution in [3.05, 3.63) is 58.6 Å². The molecule has 0 fully saturated rings. The van der Waals surface area contributed by atoms with Crippen LogP contribution in [-0.4, -0.2) is 0 Å². The van der Waals surface area contributed by atoms with Crippen LogP contribution in [0.2, 0.25) is 0 Å². The first-order valence-corrected chi connectivity index (χ1v) is 6.68. The highest BCUT2D eigenvalue weighted by molar-refractivity contribution is 9.10. The normalized spacial score (nSPS) is 17.9. The van der Waals surface area contributed by atoms with Crippen molar-refractivity contribution in [2.75, 3.05) is 0 Å². The predicted molar refractivity (Wildman–Crippen MR) is 69.8 cm³/mol. The minimum absolute atomic E-state index is 0.0884. The average Bonchev–Trinajstić information content (AvgIpc) is 2.73. The SMILES string of the molecule is Brc1ccc2c(c1)SC(c1ccccc1)O2. The first-order chi connectivity index (χ1) is 7.83. The van der Waals surface area contributed by atoms with Gasteiger partial charge < -0.3 is 4.74 Å². The van der Waals surface area contributed by atoms with E-state index >= 15 is 0 Å². The van der Waals surface area contributed by atoms with Gasteiger partial charge in [-0.2, -0.15) is 0 Å². The van der Waals surface area contributed by atoms with Gasteiger partial charge in [0.05, 0.1) is 4.90 Å². The zero-order valence-corrected chi connectivity index (χ0v) is 10.8. The molecular formula is C13H9BrOS. The molecule has 0 N–H and O–H groups in total. The third kappa shape index (κ3) is 1.85. The van der Waals surface area contributed by atoms with Gasteiger partial charge in [0.2, 0.25) is 0 Å². The number of hydrogen-bond donors (Lipinski definition) is 0. The molecule has 0 amide bonds. The quantitative estimate of drug-likeness (QED) is 0.758. The van der Waals surface area contributed by atoms with Crippen LogP contribution < -0.4 is 4.74 Å². The van der Waals surface area contributed by atoms with Crippen molar-refractivity contribution in [3.8, 4) is 5.75 Å². The smallest absolute Gasteiger partial charge is 0.174 e. The molecular weight excluding hydrogens is 284 g/mol. The molecule has 1 atom stereocenters. The fourth-order valence-corrected chi connectivity index (χ4v) is 3.29. The van der Waals surface area contributed by atoms with E-state index < -0.39 is 0 Å². The topological polar surface area (TPSA) is 9.23 Å². The molecule has 1 nitrogen and oxygen atoms in total. The highest BCUT2D eigenvalue weighted by Crippen LogP contribution is 2.48. The van der Waals surface area contributed by atoms with Crippen molar-refractivity contribution in [2.24, 2.45) is 0 Å². The van der Waals surface area contributed by atoms with Crippen molar-refractivity contribution in [3.63, 3.8) is 0 Å². The third-order valence-electron chi connectivity index (χ3n) is 2.45. The molecule has 2 aromatic rings. The summed E-state index contributed by atoms with van der Waals surface area (Å²) in [4.78, 5) is 1.20. The summed E-state index contributed by atoms with van der Waals surface area (Å²) in [6, 6.07) is 16.4. The first kappa shape index (κ1) is 10.2. The maximum absolute atomic E-state index is 5.89. The summed E-state index contributed by atoms with van der Waals surface area (Å²) in [6.07, 6.45) is 0. The maximum atomic E-state index is 5.89. The van der Waals surface area contributed by atoms with Crippen LogP contribution in [0.25, 0.3) is 0 Å². The number of hydrogen-bond acceptors (Lipinski definition) is 2. The van der Waals surface area contributed by atoms with Gasteiger partial charge in [-0.3, -0.25) is 0 Å². The summed E-state index contributed by atoms with van der Waals surface area (Å²) in [5, 5.41) is 0. The van der Waals surface area contributed by atoms with Crippen LogP contribution >= 0.6 is 27.7 Å². The Morgan fingerprint density at radius 1 is 1.06 bits per heavy atom. The summed E-state index contributed by atoms with van der Waals surface area (Å²) in [5.74, 6) is 0.974. The van der Waals surface area contributed by atoms with Crippen LogP contribution in [0.4, 0.5) is 0 Å². The van der Waals surface area contributed by atoms with Gasteiger partial charge in [-0.1, -0.05) is 58.0 Å². The Kier molecular flexibility index (Phi) is 2.65. The summed E-state index contributed by atoms with van der Waals surface area (Å²) in [7, 11) is 0. The van der Waals surface area contributed by atoms with Crippen molar-refractivity contribution in [2.45, 2.75) is 10.3 Å². The number of rotatable bonds is 1. The number of benzene rings is 2. The lowest BCUT2D eigenvalue weighted by molar-refractivity contribution is 0.302. The van der Waals surface area contributed by atoms with E-state index in [0.717, 1.165) is 10.2 Å². The van der Waals surface area contributed by atoms with E-state index in [9.17, 15) is 0 Å². The second kappa shape index (κ2) is 4.15. The van der Waals surface area contributed by atoms with Gasteiger partial charge in [0.25, 0.3) is 0 Å². The molecule has 0 bridgehead atoms. The third-order valence-corrected chi connectivity index (χ3v) is 4.09.